The Labute approximate surface area is 112 Å². The molecule has 4 heteroatoms. The highest BCUT2D eigenvalue weighted by molar-refractivity contribution is 5.90. The first-order valence-corrected chi connectivity index (χ1v) is 6.30. The number of furan rings is 1. The molecule has 0 saturated heterocycles. The van der Waals surface area contributed by atoms with Gasteiger partial charge in [-0.1, -0.05) is 12.1 Å². The van der Waals surface area contributed by atoms with E-state index in [0.29, 0.717) is 19.3 Å². The monoisotopic (exact) mass is 259 g/mol. The maximum absolute atomic E-state index is 11.7. The van der Waals surface area contributed by atoms with Crippen molar-refractivity contribution in [3.8, 4) is 0 Å². The van der Waals surface area contributed by atoms with Crippen LogP contribution < -0.4 is 5.32 Å². The highest BCUT2D eigenvalue weighted by Gasteiger charge is 2.04. The standard InChI is InChI=1S/C15H17NO3/c17-10-9-12-3-5-13(6-4-12)16-15(18)8-7-14-2-1-11-19-14/h1-6,11,17H,7-10H2,(H,16,18). The van der Waals surface area contributed by atoms with E-state index in [1.165, 1.54) is 0 Å². The first-order chi connectivity index (χ1) is 9.28. The van der Waals surface area contributed by atoms with Crippen LogP contribution in [-0.4, -0.2) is 17.6 Å². The highest BCUT2D eigenvalue weighted by Crippen LogP contribution is 2.11. The molecule has 0 aliphatic heterocycles. The highest BCUT2D eigenvalue weighted by atomic mass is 16.3. The lowest BCUT2D eigenvalue weighted by Gasteiger charge is -2.05. The Morgan fingerprint density at radius 2 is 1.95 bits per heavy atom. The van der Waals surface area contributed by atoms with Crippen LogP contribution in [0.2, 0.25) is 0 Å². The van der Waals surface area contributed by atoms with Gasteiger partial charge in [-0.25, -0.2) is 0 Å². The van der Waals surface area contributed by atoms with Crippen molar-refractivity contribution in [2.24, 2.45) is 0 Å². The minimum Gasteiger partial charge on any atom is -0.469 e. The number of aryl methyl sites for hydroxylation is 1. The molecule has 2 N–H and O–H groups in total. The predicted molar refractivity (Wildman–Crippen MR) is 72.9 cm³/mol. The summed E-state index contributed by atoms with van der Waals surface area (Å²) in [4.78, 5) is 11.7. The van der Waals surface area contributed by atoms with Crippen LogP contribution in [0.1, 0.15) is 17.7 Å². The fraction of sp³-hybridized carbons (Fsp3) is 0.267. The van der Waals surface area contributed by atoms with E-state index in [1.54, 1.807) is 6.26 Å². The minimum atomic E-state index is -0.0358. The number of benzene rings is 1. The molecular formula is C15H17NO3. The Balaban J connectivity index is 1.81. The molecule has 0 aliphatic carbocycles. The maximum atomic E-state index is 11.7. The molecule has 0 saturated carbocycles. The molecule has 0 bridgehead atoms. The SMILES string of the molecule is O=C(CCc1ccco1)Nc1ccc(CCO)cc1. The molecule has 2 rings (SSSR count). The van der Waals surface area contributed by atoms with E-state index in [0.717, 1.165) is 17.0 Å². The summed E-state index contributed by atoms with van der Waals surface area (Å²) >= 11 is 0. The molecule has 0 atom stereocenters. The average Bonchev–Trinajstić information content (AvgIpc) is 2.92. The van der Waals surface area contributed by atoms with Crippen molar-refractivity contribution in [2.75, 3.05) is 11.9 Å². The van der Waals surface area contributed by atoms with E-state index in [9.17, 15) is 4.79 Å². The minimum absolute atomic E-state index is 0.0358. The second kappa shape index (κ2) is 6.75. The Morgan fingerprint density at radius 3 is 2.58 bits per heavy atom. The third-order valence-electron chi connectivity index (χ3n) is 2.82. The zero-order chi connectivity index (χ0) is 13.5. The summed E-state index contributed by atoms with van der Waals surface area (Å²) in [5, 5.41) is 11.6. The number of aliphatic hydroxyl groups excluding tert-OH is 1. The van der Waals surface area contributed by atoms with Crippen LogP contribution in [-0.2, 0) is 17.6 Å². The number of nitrogens with one attached hydrogen (secondary N) is 1. The molecule has 0 unspecified atom stereocenters. The Kier molecular flexibility index (Phi) is 4.75. The van der Waals surface area contributed by atoms with Crippen molar-refractivity contribution < 1.29 is 14.3 Å². The summed E-state index contributed by atoms with van der Waals surface area (Å²) in [6.45, 7) is 0.134. The van der Waals surface area contributed by atoms with Gasteiger partial charge in [0.15, 0.2) is 0 Å². The quantitative estimate of drug-likeness (QED) is 0.837. The second-order valence-corrected chi connectivity index (χ2v) is 4.30. The predicted octanol–water partition coefficient (Wildman–Crippen LogP) is 2.39. The van der Waals surface area contributed by atoms with Gasteiger partial charge in [0.05, 0.1) is 6.26 Å². The van der Waals surface area contributed by atoms with Gasteiger partial charge in [0.2, 0.25) is 5.91 Å². The van der Waals surface area contributed by atoms with E-state index in [-0.39, 0.29) is 12.5 Å². The lowest BCUT2D eigenvalue weighted by molar-refractivity contribution is -0.116. The zero-order valence-electron chi connectivity index (χ0n) is 10.6. The lowest BCUT2D eigenvalue weighted by Crippen LogP contribution is -2.12. The van der Waals surface area contributed by atoms with E-state index in [1.807, 2.05) is 36.4 Å². The van der Waals surface area contributed by atoms with E-state index >= 15 is 0 Å². The van der Waals surface area contributed by atoms with Crippen molar-refractivity contribution in [3.05, 3.63) is 54.0 Å². The molecule has 0 fully saturated rings. The number of hydrogen-bond acceptors (Lipinski definition) is 3. The molecule has 2 aromatic rings. The van der Waals surface area contributed by atoms with Crippen molar-refractivity contribution in [2.45, 2.75) is 19.3 Å². The summed E-state index contributed by atoms with van der Waals surface area (Å²) in [6, 6.07) is 11.2. The van der Waals surface area contributed by atoms with Crippen molar-refractivity contribution in [3.63, 3.8) is 0 Å². The van der Waals surface area contributed by atoms with E-state index < -0.39 is 0 Å². The molecular weight excluding hydrogens is 242 g/mol. The average molecular weight is 259 g/mol. The van der Waals surface area contributed by atoms with E-state index in [4.69, 9.17) is 9.52 Å². The summed E-state index contributed by atoms with van der Waals surface area (Å²) in [7, 11) is 0. The van der Waals surface area contributed by atoms with Crippen LogP contribution in [0.4, 0.5) is 5.69 Å². The number of hydrogen-bond donors (Lipinski definition) is 2. The lowest BCUT2D eigenvalue weighted by atomic mass is 10.1. The molecule has 0 aliphatic rings. The summed E-state index contributed by atoms with van der Waals surface area (Å²) in [5.41, 5.74) is 1.82. The third-order valence-corrected chi connectivity index (χ3v) is 2.82. The van der Waals surface area contributed by atoms with Gasteiger partial charge >= 0.3 is 0 Å². The zero-order valence-corrected chi connectivity index (χ0v) is 10.6. The van der Waals surface area contributed by atoms with Crippen molar-refractivity contribution in [1.82, 2.24) is 0 Å². The van der Waals surface area contributed by atoms with Crippen LogP contribution >= 0.6 is 0 Å². The number of carbonyl (C=O) groups is 1. The summed E-state index contributed by atoms with van der Waals surface area (Å²) in [5.74, 6) is 0.778. The topological polar surface area (TPSA) is 62.5 Å². The first kappa shape index (κ1) is 13.4. The Hall–Kier alpha value is -2.07. The van der Waals surface area contributed by atoms with Gasteiger partial charge in [0.1, 0.15) is 5.76 Å². The second-order valence-electron chi connectivity index (χ2n) is 4.30. The largest absolute Gasteiger partial charge is 0.469 e. The summed E-state index contributed by atoms with van der Waals surface area (Å²) in [6.07, 6.45) is 3.23. The van der Waals surface area contributed by atoms with Crippen molar-refractivity contribution >= 4 is 11.6 Å². The normalized spacial score (nSPS) is 10.4. The molecule has 0 spiro atoms. The number of anilines is 1. The molecule has 1 heterocycles. The Bertz CT molecular complexity index is 503. The van der Waals surface area contributed by atoms with Crippen LogP contribution in [0.3, 0.4) is 0 Å². The third kappa shape index (κ3) is 4.26. The number of amides is 1. The maximum Gasteiger partial charge on any atom is 0.224 e. The first-order valence-electron chi connectivity index (χ1n) is 6.30. The van der Waals surface area contributed by atoms with Gasteiger partial charge in [-0.15, -0.1) is 0 Å². The number of carbonyl (C=O) groups excluding carboxylic acids is 1. The smallest absolute Gasteiger partial charge is 0.224 e. The number of aliphatic hydroxyl groups is 1. The molecule has 1 amide bonds. The van der Waals surface area contributed by atoms with Crippen molar-refractivity contribution in [1.29, 1.82) is 0 Å². The van der Waals surface area contributed by atoms with Crippen LogP contribution in [0.5, 0.6) is 0 Å². The van der Waals surface area contributed by atoms with Gasteiger partial charge in [-0.3, -0.25) is 4.79 Å². The van der Waals surface area contributed by atoms with Gasteiger partial charge in [0, 0.05) is 25.1 Å². The molecule has 19 heavy (non-hydrogen) atoms. The fourth-order valence-corrected chi connectivity index (χ4v) is 1.80. The molecule has 4 nitrogen and oxygen atoms in total. The molecule has 100 valence electrons. The molecule has 1 aromatic heterocycles. The number of rotatable bonds is 6. The van der Waals surface area contributed by atoms with Crippen LogP contribution in [0.25, 0.3) is 0 Å². The van der Waals surface area contributed by atoms with Crippen LogP contribution in [0, 0.1) is 0 Å². The van der Waals surface area contributed by atoms with Gasteiger partial charge < -0.3 is 14.8 Å². The summed E-state index contributed by atoms with van der Waals surface area (Å²) < 4.78 is 5.17. The molecule has 0 radical (unpaired) electrons. The van der Waals surface area contributed by atoms with Gasteiger partial charge in [0.25, 0.3) is 0 Å². The Morgan fingerprint density at radius 1 is 1.16 bits per heavy atom. The molecule has 1 aromatic carbocycles. The van der Waals surface area contributed by atoms with Gasteiger partial charge in [-0.2, -0.15) is 0 Å². The van der Waals surface area contributed by atoms with Gasteiger partial charge in [-0.05, 0) is 36.2 Å². The fourth-order valence-electron chi connectivity index (χ4n) is 1.80. The van der Waals surface area contributed by atoms with Crippen LogP contribution in [0.15, 0.2) is 47.1 Å². The van der Waals surface area contributed by atoms with E-state index in [2.05, 4.69) is 5.32 Å².